The first kappa shape index (κ1) is 17.9. The minimum atomic E-state index is -2.49. The van der Waals surface area contributed by atoms with Gasteiger partial charge in [-0.15, -0.1) is 0 Å². The maximum absolute atomic E-state index is 11.6. The van der Waals surface area contributed by atoms with Gasteiger partial charge in [0.25, 0.3) is 8.32 Å². The van der Waals surface area contributed by atoms with Gasteiger partial charge in [0.2, 0.25) is 5.91 Å². The van der Waals surface area contributed by atoms with E-state index >= 15 is 0 Å². The molecule has 0 spiro atoms. The molecule has 1 aliphatic heterocycles. The Morgan fingerprint density at radius 2 is 1.52 bits per heavy atom. The first-order valence-electron chi connectivity index (χ1n) is 8.98. The lowest BCUT2D eigenvalue weighted by Gasteiger charge is -2.43. The molecule has 1 atom stereocenters. The third-order valence-corrected chi connectivity index (χ3v) is 10.0. The molecular weight excluding hydrogens is 326 g/mol. The van der Waals surface area contributed by atoms with Gasteiger partial charge in [-0.2, -0.15) is 0 Å². The molecule has 1 amide bonds. The first-order chi connectivity index (χ1) is 11.9. The zero-order valence-electron chi connectivity index (χ0n) is 15.3. The van der Waals surface area contributed by atoms with Gasteiger partial charge in [-0.05, 0) is 21.8 Å². The fraction of sp³-hybridized carbons (Fsp3) is 0.381. The quantitative estimate of drug-likeness (QED) is 0.840. The second-order valence-corrected chi connectivity index (χ2v) is 12.1. The second-order valence-electron chi connectivity index (χ2n) is 7.78. The molecule has 4 heteroatoms. The number of carbonyl (C=O) groups excluding carboxylic acids is 1. The van der Waals surface area contributed by atoms with Gasteiger partial charge in [0, 0.05) is 6.42 Å². The molecular formula is C21H27NO2Si. The Morgan fingerprint density at radius 1 is 1.00 bits per heavy atom. The van der Waals surface area contributed by atoms with Gasteiger partial charge in [-0.1, -0.05) is 81.4 Å². The molecule has 2 aromatic rings. The van der Waals surface area contributed by atoms with Crippen LogP contribution in [0.15, 0.2) is 60.7 Å². The average molecular weight is 354 g/mol. The van der Waals surface area contributed by atoms with E-state index in [1.165, 1.54) is 10.4 Å². The highest BCUT2D eigenvalue weighted by Crippen LogP contribution is 2.36. The Labute approximate surface area is 151 Å². The van der Waals surface area contributed by atoms with E-state index in [2.05, 4.69) is 74.6 Å². The normalized spacial score (nSPS) is 18.2. The number of nitrogens with one attached hydrogen (secondary N) is 1. The summed E-state index contributed by atoms with van der Waals surface area (Å²) in [6.07, 6.45) is 1.46. The summed E-state index contributed by atoms with van der Waals surface area (Å²) in [6.45, 7) is 7.38. The van der Waals surface area contributed by atoms with Crippen molar-refractivity contribution in [2.24, 2.45) is 0 Å². The SMILES string of the molecule is CC(C)(C)[Si](OCC1CCC(=O)N1)(c1ccccc1)c1ccccc1. The fourth-order valence-corrected chi connectivity index (χ4v) is 8.40. The van der Waals surface area contributed by atoms with Crippen molar-refractivity contribution in [3.05, 3.63) is 60.7 Å². The zero-order valence-corrected chi connectivity index (χ0v) is 16.3. The van der Waals surface area contributed by atoms with E-state index in [0.29, 0.717) is 13.0 Å². The van der Waals surface area contributed by atoms with E-state index in [-0.39, 0.29) is 17.0 Å². The molecule has 3 nitrogen and oxygen atoms in total. The van der Waals surface area contributed by atoms with Crippen molar-refractivity contribution in [1.29, 1.82) is 0 Å². The topological polar surface area (TPSA) is 38.3 Å². The summed E-state index contributed by atoms with van der Waals surface area (Å²) in [6, 6.07) is 21.3. The lowest BCUT2D eigenvalue weighted by molar-refractivity contribution is -0.119. The number of hydrogen-bond donors (Lipinski definition) is 1. The van der Waals surface area contributed by atoms with Crippen molar-refractivity contribution < 1.29 is 9.22 Å². The summed E-state index contributed by atoms with van der Waals surface area (Å²) in [4.78, 5) is 11.6. The van der Waals surface area contributed by atoms with Crippen molar-refractivity contribution in [3.63, 3.8) is 0 Å². The number of rotatable bonds is 5. The van der Waals surface area contributed by atoms with Crippen molar-refractivity contribution in [3.8, 4) is 0 Å². The van der Waals surface area contributed by atoms with E-state index in [0.717, 1.165) is 6.42 Å². The van der Waals surface area contributed by atoms with Crippen molar-refractivity contribution in [1.82, 2.24) is 5.32 Å². The summed E-state index contributed by atoms with van der Waals surface area (Å²) >= 11 is 0. The lowest BCUT2D eigenvalue weighted by atomic mass is 10.2. The average Bonchev–Trinajstić information content (AvgIpc) is 3.02. The molecule has 1 N–H and O–H groups in total. The first-order valence-corrected chi connectivity index (χ1v) is 10.9. The Balaban J connectivity index is 2.04. The van der Waals surface area contributed by atoms with Gasteiger partial charge in [0.15, 0.2) is 0 Å². The van der Waals surface area contributed by atoms with Crippen LogP contribution in [0.2, 0.25) is 5.04 Å². The molecule has 0 radical (unpaired) electrons. The van der Waals surface area contributed by atoms with Crippen LogP contribution in [0.1, 0.15) is 33.6 Å². The van der Waals surface area contributed by atoms with E-state index in [4.69, 9.17) is 4.43 Å². The summed E-state index contributed by atoms with van der Waals surface area (Å²) in [5.41, 5.74) is 0. The molecule has 1 saturated heterocycles. The molecule has 132 valence electrons. The highest BCUT2D eigenvalue weighted by molar-refractivity contribution is 6.99. The molecule has 2 aromatic carbocycles. The molecule has 0 saturated carbocycles. The highest BCUT2D eigenvalue weighted by Gasteiger charge is 2.50. The van der Waals surface area contributed by atoms with Gasteiger partial charge in [-0.25, -0.2) is 0 Å². The predicted molar refractivity (Wildman–Crippen MR) is 105 cm³/mol. The minimum Gasteiger partial charge on any atom is -0.405 e. The third kappa shape index (κ3) is 3.55. The van der Waals surface area contributed by atoms with E-state index < -0.39 is 8.32 Å². The van der Waals surface area contributed by atoms with E-state index in [1.54, 1.807) is 0 Å². The molecule has 25 heavy (non-hydrogen) atoms. The maximum atomic E-state index is 11.6. The fourth-order valence-electron chi connectivity index (χ4n) is 3.79. The summed E-state index contributed by atoms with van der Waals surface area (Å²) < 4.78 is 6.82. The van der Waals surface area contributed by atoms with Crippen molar-refractivity contribution in [2.45, 2.75) is 44.7 Å². The third-order valence-electron chi connectivity index (χ3n) is 5.00. The Hall–Kier alpha value is -1.91. The van der Waals surface area contributed by atoms with Crippen LogP contribution in [0.4, 0.5) is 0 Å². The Morgan fingerprint density at radius 3 is 1.92 bits per heavy atom. The van der Waals surface area contributed by atoms with Crippen molar-refractivity contribution >= 4 is 24.6 Å². The van der Waals surface area contributed by atoms with Crippen LogP contribution in [0.3, 0.4) is 0 Å². The Kier molecular flexibility index (Phi) is 5.11. The van der Waals surface area contributed by atoms with Crippen LogP contribution >= 0.6 is 0 Å². The molecule has 1 unspecified atom stereocenters. The number of benzene rings is 2. The van der Waals surface area contributed by atoms with E-state index in [9.17, 15) is 4.79 Å². The van der Waals surface area contributed by atoms with Crippen LogP contribution in [0.25, 0.3) is 0 Å². The number of amides is 1. The van der Waals surface area contributed by atoms with Gasteiger partial charge in [0.1, 0.15) is 0 Å². The van der Waals surface area contributed by atoms with Crippen LogP contribution in [-0.2, 0) is 9.22 Å². The van der Waals surface area contributed by atoms with Crippen LogP contribution in [0, 0.1) is 0 Å². The molecule has 0 bridgehead atoms. The smallest absolute Gasteiger partial charge is 0.261 e. The molecule has 0 aliphatic carbocycles. The molecule has 3 rings (SSSR count). The highest BCUT2D eigenvalue weighted by atomic mass is 28.4. The molecule has 1 fully saturated rings. The minimum absolute atomic E-state index is 0.0294. The second kappa shape index (κ2) is 7.14. The standard InChI is InChI=1S/C21H27NO2Si/c1-21(2,3)25(18-10-6-4-7-11-18,19-12-8-5-9-13-19)24-16-17-14-15-20(23)22-17/h4-13,17H,14-16H2,1-3H3,(H,22,23). The molecule has 0 aromatic heterocycles. The van der Waals surface area contributed by atoms with Crippen molar-refractivity contribution in [2.75, 3.05) is 6.61 Å². The predicted octanol–water partition coefficient (Wildman–Crippen LogP) is 2.84. The van der Waals surface area contributed by atoms with Crippen LogP contribution < -0.4 is 15.7 Å². The van der Waals surface area contributed by atoms with Gasteiger partial charge < -0.3 is 9.74 Å². The molecule has 1 heterocycles. The maximum Gasteiger partial charge on any atom is 0.261 e. The lowest BCUT2D eigenvalue weighted by Crippen LogP contribution is -2.67. The monoisotopic (exact) mass is 353 g/mol. The Bertz CT molecular complexity index is 670. The molecule has 1 aliphatic rings. The largest absolute Gasteiger partial charge is 0.405 e. The van der Waals surface area contributed by atoms with Crippen LogP contribution in [-0.4, -0.2) is 26.9 Å². The zero-order chi connectivity index (χ0) is 17.9. The summed E-state index contributed by atoms with van der Waals surface area (Å²) in [5, 5.41) is 5.56. The number of hydrogen-bond acceptors (Lipinski definition) is 2. The summed E-state index contributed by atoms with van der Waals surface area (Å²) in [7, 11) is -2.49. The number of carbonyl (C=O) groups is 1. The van der Waals surface area contributed by atoms with Crippen LogP contribution in [0.5, 0.6) is 0 Å². The van der Waals surface area contributed by atoms with Gasteiger partial charge in [0.05, 0.1) is 12.6 Å². The van der Waals surface area contributed by atoms with Gasteiger partial charge in [-0.3, -0.25) is 4.79 Å². The van der Waals surface area contributed by atoms with Gasteiger partial charge >= 0.3 is 0 Å². The summed E-state index contributed by atoms with van der Waals surface area (Å²) in [5.74, 6) is 0.135. The van der Waals surface area contributed by atoms with E-state index in [1.807, 2.05) is 12.1 Å².